The number of aliphatic hydroxyl groups excluding tert-OH is 1. The molecule has 6 heterocycles. The highest BCUT2D eigenvalue weighted by molar-refractivity contribution is 8.01. The van der Waals surface area contributed by atoms with Crippen LogP contribution < -0.4 is 5.73 Å². The topological polar surface area (TPSA) is 134 Å². The molecule has 224 valence electrons. The number of thioether (sulfide) groups is 1. The zero-order valence-electron chi connectivity index (χ0n) is 23.9. The Bertz CT molecular complexity index is 1480. The van der Waals surface area contributed by atoms with E-state index in [1.54, 1.807) is 30.0 Å². The van der Waals surface area contributed by atoms with Crippen molar-refractivity contribution in [1.29, 1.82) is 0 Å². The highest BCUT2D eigenvalue weighted by Gasteiger charge is 2.62. The first-order chi connectivity index (χ1) is 20.1. The van der Waals surface area contributed by atoms with Crippen molar-refractivity contribution in [3.63, 3.8) is 0 Å². The Morgan fingerprint density at radius 2 is 1.88 bits per heavy atom. The van der Waals surface area contributed by atoms with E-state index in [2.05, 4.69) is 18.2 Å². The van der Waals surface area contributed by atoms with Crippen LogP contribution in [0.15, 0.2) is 33.8 Å². The largest absolute Gasteiger partial charge is 0.477 e. The number of rotatable bonds is 9. The predicted molar refractivity (Wildman–Crippen MR) is 159 cm³/mol. The number of aromatic nitrogens is 1. The van der Waals surface area contributed by atoms with Crippen molar-refractivity contribution in [3.8, 4) is 0 Å². The molecular formula is C30H39N5O5S2+2. The Morgan fingerprint density at radius 3 is 2.55 bits per heavy atom. The second-order valence-electron chi connectivity index (χ2n) is 13.1. The molecule has 42 heavy (non-hydrogen) atoms. The van der Waals surface area contributed by atoms with Gasteiger partial charge in [-0.1, -0.05) is 24.2 Å². The quantitative estimate of drug-likeness (QED) is 0.290. The number of β-lactam (4-membered cyclic amide) rings is 1. The van der Waals surface area contributed by atoms with Crippen LogP contribution in [0.3, 0.4) is 0 Å². The van der Waals surface area contributed by atoms with Crippen molar-refractivity contribution in [2.75, 3.05) is 52.4 Å². The predicted octanol–water partition coefficient (Wildman–Crippen LogP) is 1.81. The first-order valence-corrected chi connectivity index (χ1v) is 16.8. The summed E-state index contributed by atoms with van der Waals surface area (Å²) in [5.41, 5.74) is 8.79. The van der Waals surface area contributed by atoms with E-state index in [9.17, 15) is 24.6 Å². The van der Waals surface area contributed by atoms with E-state index < -0.39 is 18.0 Å². The van der Waals surface area contributed by atoms with Crippen LogP contribution in [-0.2, 0) is 20.8 Å². The molecule has 1 aliphatic carbocycles. The van der Waals surface area contributed by atoms with Crippen LogP contribution in [0.4, 0.5) is 0 Å². The molecule has 8 rings (SSSR count). The third-order valence-electron chi connectivity index (χ3n) is 10.8. The molecule has 5 aliphatic heterocycles. The summed E-state index contributed by atoms with van der Waals surface area (Å²) in [6.45, 7) is 9.59. The van der Waals surface area contributed by atoms with Gasteiger partial charge >= 0.3 is 5.97 Å². The molecule has 0 radical (unpaired) electrons. The number of carboxylic acids is 1. The summed E-state index contributed by atoms with van der Waals surface area (Å²) in [6, 6.07) is 6.32. The molecule has 6 aliphatic rings. The summed E-state index contributed by atoms with van der Waals surface area (Å²) in [5.74, 6) is -2.06. The molecule has 4 saturated heterocycles. The lowest BCUT2D eigenvalue weighted by molar-refractivity contribution is -1.08. The number of benzene rings is 1. The highest BCUT2D eigenvalue weighted by atomic mass is 32.2. The molecule has 1 aromatic heterocycles. The third kappa shape index (κ3) is 4.57. The van der Waals surface area contributed by atoms with Crippen LogP contribution >= 0.6 is 23.1 Å². The molecule has 0 spiro atoms. The Kier molecular flexibility index (Phi) is 6.93. The minimum absolute atomic E-state index is 0.0162. The normalized spacial score (nSPS) is 34.3. The van der Waals surface area contributed by atoms with E-state index in [0.29, 0.717) is 6.54 Å². The van der Waals surface area contributed by atoms with Crippen molar-refractivity contribution >= 4 is 51.1 Å². The van der Waals surface area contributed by atoms with Gasteiger partial charge in [0.2, 0.25) is 5.91 Å². The number of piperazine rings is 3. The van der Waals surface area contributed by atoms with Gasteiger partial charge in [-0.05, 0) is 43.0 Å². The molecule has 10 nitrogen and oxygen atoms in total. The van der Waals surface area contributed by atoms with Gasteiger partial charge in [0.1, 0.15) is 45.0 Å². The monoisotopic (exact) mass is 613 g/mol. The number of nitrogens with two attached hydrogens (primary N) is 1. The number of aliphatic hydroxyl groups is 1. The lowest BCUT2D eigenvalue weighted by Gasteiger charge is -2.55. The fourth-order valence-corrected chi connectivity index (χ4v) is 11.0. The summed E-state index contributed by atoms with van der Waals surface area (Å²) in [6.07, 6.45) is 2.85. The number of quaternary nitrogens is 2. The van der Waals surface area contributed by atoms with E-state index in [4.69, 9.17) is 10.7 Å². The molecule has 5 unspecified atom stereocenters. The van der Waals surface area contributed by atoms with Crippen LogP contribution in [0, 0.1) is 11.8 Å². The maximum atomic E-state index is 12.8. The van der Waals surface area contributed by atoms with E-state index in [1.165, 1.54) is 10.5 Å². The second kappa shape index (κ2) is 10.3. The number of amides is 2. The average Bonchev–Trinajstić information content (AvgIpc) is 3.49. The van der Waals surface area contributed by atoms with Crippen LogP contribution in [0.2, 0.25) is 0 Å². The molecule has 2 amide bonds. The van der Waals surface area contributed by atoms with Crippen molar-refractivity contribution in [1.82, 2.24) is 9.88 Å². The number of primary amides is 1. The minimum atomic E-state index is -1.05. The Morgan fingerprint density at radius 1 is 1.17 bits per heavy atom. The van der Waals surface area contributed by atoms with Crippen molar-refractivity contribution < 1.29 is 33.6 Å². The van der Waals surface area contributed by atoms with Gasteiger partial charge in [-0.2, -0.15) is 0 Å². The molecule has 4 N–H and O–H groups in total. The first-order valence-electron chi connectivity index (χ1n) is 15.1. The van der Waals surface area contributed by atoms with Gasteiger partial charge in [0, 0.05) is 17.6 Å². The molecule has 1 saturated carbocycles. The summed E-state index contributed by atoms with van der Waals surface area (Å²) < 4.78 is 4.03. The fraction of sp³-hybridized carbons (Fsp3) is 0.600. The Balaban J connectivity index is 1.06. The van der Waals surface area contributed by atoms with Crippen molar-refractivity contribution in [2.24, 2.45) is 17.6 Å². The lowest BCUT2D eigenvalue weighted by atomic mass is 9.72. The summed E-state index contributed by atoms with van der Waals surface area (Å²) in [7, 11) is 0. The number of fused-ring (bicyclic) bond motifs is 7. The first kappa shape index (κ1) is 28.3. The van der Waals surface area contributed by atoms with E-state index in [-0.39, 0.29) is 34.7 Å². The Labute approximate surface area is 253 Å². The van der Waals surface area contributed by atoms with Gasteiger partial charge in [0.05, 0.1) is 34.8 Å². The number of hydrogen-bond acceptors (Lipinski definition) is 7. The lowest BCUT2D eigenvalue weighted by Crippen LogP contribution is -2.76. The molecule has 1 aromatic carbocycles. The van der Waals surface area contributed by atoms with Gasteiger partial charge in [-0.25, -0.2) is 9.78 Å². The average molecular weight is 614 g/mol. The van der Waals surface area contributed by atoms with Crippen LogP contribution in [-0.4, -0.2) is 117 Å². The van der Waals surface area contributed by atoms with Gasteiger partial charge in [-0.15, -0.1) is 11.3 Å². The SMILES string of the molecule is CC(O)C1C(=O)N2C(C(=O)O)=C3C(Sc4nc5cc(CC[N+]67CC[N+](CC(N)=O)(CC6)CC7)ccc5s4)CCCC3C12. The molecular weight excluding hydrogens is 574 g/mol. The van der Waals surface area contributed by atoms with Crippen LogP contribution in [0.1, 0.15) is 31.7 Å². The maximum absolute atomic E-state index is 12.8. The molecule has 12 heteroatoms. The standard InChI is InChI=1S/C30H37N5O5S2/c1-17(36)24-26-19-3-2-4-22(25(19)27(29(39)40)33(26)28(24)38)42-30-32-20-15-18(5-6-21(20)41-30)7-8-34-9-12-35(13-10-34,14-11-34)16-23(31)37/h5-6,15,17,19,22,24,26,36H,2-4,7-14,16H2,1H3,(H-2,31,37,39,40)/p+2. The minimum Gasteiger partial charge on any atom is -0.477 e. The molecule has 5 fully saturated rings. The number of carbonyl (C=O) groups is 3. The zero-order valence-corrected chi connectivity index (χ0v) is 25.5. The Hall–Kier alpha value is -2.51. The number of nitrogens with zero attached hydrogens (tertiary/aromatic N) is 4. The van der Waals surface area contributed by atoms with E-state index in [1.807, 2.05) is 0 Å². The van der Waals surface area contributed by atoms with E-state index in [0.717, 1.165) is 101 Å². The summed E-state index contributed by atoms with van der Waals surface area (Å²) >= 11 is 3.28. The molecule has 2 bridgehead atoms. The van der Waals surface area contributed by atoms with Crippen molar-refractivity contribution in [2.45, 2.75) is 54.3 Å². The van der Waals surface area contributed by atoms with Crippen molar-refractivity contribution in [3.05, 3.63) is 35.0 Å². The molecule has 2 aromatic rings. The summed E-state index contributed by atoms with van der Waals surface area (Å²) in [4.78, 5) is 43.2. The maximum Gasteiger partial charge on any atom is 0.352 e. The number of aliphatic carboxylic acids is 1. The zero-order chi connectivity index (χ0) is 29.4. The third-order valence-corrected chi connectivity index (χ3v) is 13.2. The number of thiazole rings is 1. The highest BCUT2D eigenvalue weighted by Crippen LogP contribution is 2.55. The smallest absolute Gasteiger partial charge is 0.352 e. The van der Waals surface area contributed by atoms with Crippen LogP contribution in [0.25, 0.3) is 10.2 Å². The van der Waals surface area contributed by atoms with Gasteiger partial charge in [0.15, 0.2) is 10.9 Å². The number of carbonyl (C=O) groups excluding carboxylic acids is 2. The number of carboxylic acid groups (broad SMARTS) is 1. The van der Waals surface area contributed by atoms with Gasteiger partial charge in [0.25, 0.3) is 5.91 Å². The van der Waals surface area contributed by atoms with Crippen LogP contribution in [0.5, 0.6) is 0 Å². The summed E-state index contributed by atoms with van der Waals surface area (Å²) in [5, 5.41) is 20.3. The number of hydrogen-bond donors (Lipinski definition) is 3. The van der Waals surface area contributed by atoms with Gasteiger partial charge < -0.3 is 29.8 Å². The second-order valence-corrected chi connectivity index (χ2v) is 15.6. The fourth-order valence-electron chi connectivity index (χ4n) is 8.45. The van der Waals surface area contributed by atoms with Gasteiger partial charge in [-0.3, -0.25) is 9.59 Å². The van der Waals surface area contributed by atoms with E-state index >= 15 is 0 Å². The molecule has 5 atom stereocenters.